The summed E-state index contributed by atoms with van der Waals surface area (Å²) in [4.78, 5) is 13.5. The van der Waals surface area contributed by atoms with Crippen LogP contribution in [0.4, 0.5) is 0 Å². The van der Waals surface area contributed by atoms with Crippen LogP contribution in [-0.4, -0.2) is 32.7 Å². The number of phenolic OH excluding ortho intramolecular Hbond substituents is 1. The van der Waals surface area contributed by atoms with Crippen molar-refractivity contribution in [3.05, 3.63) is 48.0 Å². The van der Waals surface area contributed by atoms with Crippen molar-refractivity contribution >= 4 is 17.0 Å². The van der Waals surface area contributed by atoms with Crippen molar-refractivity contribution in [3.8, 4) is 11.4 Å². The van der Waals surface area contributed by atoms with E-state index in [0.29, 0.717) is 24.6 Å². The molecule has 27 heavy (non-hydrogen) atoms. The lowest BCUT2D eigenvalue weighted by atomic mass is 9.99. The number of fused-ring (bicyclic) bond motifs is 1. The Morgan fingerprint density at radius 3 is 2.41 bits per heavy atom. The van der Waals surface area contributed by atoms with Gasteiger partial charge in [0.25, 0.3) is 0 Å². The van der Waals surface area contributed by atoms with E-state index in [9.17, 15) is 9.90 Å². The van der Waals surface area contributed by atoms with Crippen LogP contribution in [0, 0.1) is 11.8 Å². The fourth-order valence-electron chi connectivity index (χ4n) is 3.07. The first-order chi connectivity index (χ1) is 12.9. The Morgan fingerprint density at radius 2 is 1.78 bits per heavy atom. The monoisotopic (exact) mass is 367 g/mol. The van der Waals surface area contributed by atoms with Gasteiger partial charge >= 0.3 is 5.97 Å². The van der Waals surface area contributed by atoms with E-state index in [4.69, 9.17) is 4.74 Å². The molecule has 0 aliphatic rings. The summed E-state index contributed by atoms with van der Waals surface area (Å²) in [5.41, 5.74) is 2.96. The number of aromatic nitrogens is 3. The molecule has 1 heterocycles. The second-order valence-corrected chi connectivity index (χ2v) is 7.25. The fraction of sp³-hybridized carbons (Fsp3) is 0.381. The third-order valence-corrected chi connectivity index (χ3v) is 4.40. The molecule has 6 nitrogen and oxygen atoms in total. The molecule has 0 aliphatic carbocycles. The number of esters is 1. The van der Waals surface area contributed by atoms with Crippen LogP contribution in [0.25, 0.3) is 16.7 Å². The van der Waals surface area contributed by atoms with Crippen LogP contribution in [0.2, 0.25) is 0 Å². The summed E-state index contributed by atoms with van der Waals surface area (Å²) >= 11 is 0. The van der Waals surface area contributed by atoms with Gasteiger partial charge in [-0.2, -0.15) is 0 Å². The van der Waals surface area contributed by atoms with E-state index in [1.54, 1.807) is 6.07 Å². The average molecular weight is 367 g/mol. The van der Waals surface area contributed by atoms with Crippen molar-refractivity contribution in [1.82, 2.24) is 15.0 Å². The quantitative estimate of drug-likeness (QED) is 0.641. The van der Waals surface area contributed by atoms with Crippen molar-refractivity contribution < 1.29 is 14.6 Å². The van der Waals surface area contributed by atoms with Gasteiger partial charge < -0.3 is 9.84 Å². The summed E-state index contributed by atoms with van der Waals surface area (Å²) in [5.74, 6) is 0.301. The Balaban J connectivity index is 1.68. The van der Waals surface area contributed by atoms with Crippen LogP contribution in [0.5, 0.6) is 5.75 Å². The Morgan fingerprint density at radius 1 is 1.11 bits per heavy atom. The molecule has 0 aliphatic heterocycles. The molecular formula is C21H25N3O3. The van der Waals surface area contributed by atoms with E-state index in [-0.39, 0.29) is 17.6 Å². The van der Waals surface area contributed by atoms with E-state index >= 15 is 0 Å². The van der Waals surface area contributed by atoms with E-state index in [1.807, 2.05) is 43.3 Å². The molecule has 6 heteroatoms. The van der Waals surface area contributed by atoms with Crippen LogP contribution in [-0.2, 0) is 16.0 Å². The molecule has 0 bridgehead atoms. The summed E-state index contributed by atoms with van der Waals surface area (Å²) in [6.45, 7) is 6.39. The van der Waals surface area contributed by atoms with Gasteiger partial charge in [-0.3, -0.25) is 4.79 Å². The highest BCUT2D eigenvalue weighted by Gasteiger charge is 2.16. The molecule has 0 saturated heterocycles. The second kappa shape index (κ2) is 8.20. The molecule has 3 aromatic rings. The maximum atomic E-state index is 12.0. The summed E-state index contributed by atoms with van der Waals surface area (Å²) in [5, 5.41) is 19.0. The average Bonchev–Trinajstić information content (AvgIpc) is 3.06. The maximum absolute atomic E-state index is 12.0. The Hall–Kier alpha value is -2.89. The molecule has 0 fully saturated rings. The standard InChI is InChI=1S/C21H25N3O3/c1-14(2)12-15(3)21(26)27-11-10-16-8-9-20(25)19(13-16)24-22-17-6-4-5-7-18(17)23-24/h4-9,13-15,25H,10-12H2,1-3H3. The van der Waals surface area contributed by atoms with Crippen molar-refractivity contribution in [2.24, 2.45) is 11.8 Å². The summed E-state index contributed by atoms with van der Waals surface area (Å²) < 4.78 is 5.39. The topological polar surface area (TPSA) is 77.2 Å². The summed E-state index contributed by atoms with van der Waals surface area (Å²) in [6.07, 6.45) is 1.38. The summed E-state index contributed by atoms with van der Waals surface area (Å²) in [6, 6.07) is 12.8. The number of rotatable bonds is 7. The van der Waals surface area contributed by atoms with Gasteiger partial charge in [0, 0.05) is 6.42 Å². The molecule has 3 rings (SSSR count). The number of hydrogen-bond donors (Lipinski definition) is 1. The van der Waals surface area contributed by atoms with Gasteiger partial charge in [0.2, 0.25) is 0 Å². The minimum Gasteiger partial charge on any atom is -0.506 e. The van der Waals surface area contributed by atoms with Crippen LogP contribution >= 0.6 is 0 Å². The van der Waals surface area contributed by atoms with Crippen LogP contribution in [0.1, 0.15) is 32.8 Å². The first-order valence-corrected chi connectivity index (χ1v) is 9.25. The van der Waals surface area contributed by atoms with Crippen molar-refractivity contribution in [2.75, 3.05) is 6.61 Å². The molecule has 1 atom stereocenters. The van der Waals surface area contributed by atoms with Gasteiger partial charge in [-0.15, -0.1) is 15.0 Å². The SMILES string of the molecule is CC(C)CC(C)C(=O)OCCc1ccc(O)c(-n2nc3ccccc3n2)c1. The van der Waals surface area contributed by atoms with Crippen LogP contribution in [0.15, 0.2) is 42.5 Å². The first-order valence-electron chi connectivity index (χ1n) is 9.25. The molecule has 0 amide bonds. The zero-order valence-electron chi connectivity index (χ0n) is 15.9. The number of hydrogen-bond acceptors (Lipinski definition) is 5. The fourth-order valence-corrected chi connectivity index (χ4v) is 3.07. The Labute approximate surface area is 158 Å². The lowest BCUT2D eigenvalue weighted by Crippen LogP contribution is -2.18. The number of ether oxygens (including phenoxy) is 1. The minimum atomic E-state index is -0.164. The van der Waals surface area contributed by atoms with Gasteiger partial charge in [0.05, 0.1) is 12.5 Å². The highest BCUT2D eigenvalue weighted by Crippen LogP contribution is 2.23. The third-order valence-electron chi connectivity index (χ3n) is 4.40. The molecule has 1 aromatic heterocycles. The number of phenols is 1. The maximum Gasteiger partial charge on any atom is 0.308 e. The zero-order chi connectivity index (χ0) is 19.4. The van der Waals surface area contributed by atoms with Crippen molar-refractivity contribution in [2.45, 2.75) is 33.6 Å². The zero-order valence-corrected chi connectivity index (χ0v) is 15.9. The van der Waals surface area contributed by atoms with Gasteiger partial charge in [-0.25, -0.2) is 0 Å². The van der Waals surface area contributed by atoms with Crippen molar-refractivity contribution in [3.63, 3.8) is 0 Å². The Kier molecular flexibility index (Phi) is 5.74. The molecule has 1 N–H and O–H groups in total. The number of nitrogens with zero attached hydrogens (tertiary/aromatic N) is 3. The predicted octanol–water partition coefficient (Wildman–Crippen LogP) is 3.89. The molecule has 1 unspecified atom stereocenters. The lowest BCUT2D eigenvalue weighted by Gasteiger charge is -2.13. The molecule has 0 spiro atoms. The van der Waals surface area contributed by atoms with E-state index in [2.05, 4.69) is 24.0 Å². The number of aromatic hydroxyl groups is 1. The smallest absolute Gasteiger partial charge is 0.308 e. The van der Waals surface area contributed by atoms with E-state index < -0.39 is 0 Å². The molecule has 0 radical (unpaired) electrons. The van der Waals surface area contributed by atoms with E-state index in [1.165, 1.54) is 4.80 Å². The predicted molar refractivity (Wildman–Crippen MR) is 104 cm³/mol. The third kappa shape index (κ3) is 4.64. The van der Waals surface area contributed by atoms with Gasteiger partial charge in [-0.1, -0.05) is 39.0 Å². The lowest BCUT2D eigenvalue weighted by molar-refractivity contribution is -0.148. The van der Waals surface area contributed by atoms with E-state index in [0.717, 1.165) is 23.0 Å². The molecular weight excluding hydrogens is 342 g/mol. The van der Waals surface area contributed by atoms with Gasteiger partial charge in [0.1, 0.15) is 22.5 Å². The highest BCUT2D eigenvalue weighted by molar-refractivity contribution is 5.73. The Bertz CT molecular complexity index is 900. The number of carbonyl (C=O) groups excluding carboxylic acids is 1. The first kappa shape index (κ1) is 18.9. The molecule has 0 saturated carbocycles. The molecule has 2 aromatic carbocycles. The minimum absolute atomic E-state index is 0.0962. The normalized spacial score (nSPS) is 12.4. The second-order valence-electron chi connectivity index (χ2n) is 7.25. The highest BCUT2D eigenvalue weighted by atomic mass is 16.5. The van der Waals surface area contributed by atoms with Gasteiger partial charge in [-0.05, 0) is 42.2 Å². The largest absolute Gasteiger partial charge is 0.506 e. The van der Waals surface area contributed by atoms with Gasteiger partial charge in [0.15, 0.2) is 0 Å². The number of carbonyl (C=O) groups is 1. The summed E-state index contributed by atoms with van der Waals surface area (Å²) in [7, 11) is 0. The molecule has 142 valence electrons. The van der Waals surface area contributed by atoms with Crippen molar-refractivity contribution in [1.29, 1.82) is 0 Å². The van der Waals surface area contributed by atoms with Crippen LogP contribution < -0.4 is 0 Å². The number of benzene rings is 2. The van der Waals surface area contributed by atoms with Crippen LogP contribution in [0.3, 0.4) is 0 Å².